The smallest absolute Gasteiger partial charge is 0.205 e. The number of benzene rings is 2. The molecule has 134 valence electrons. The van der Waals surface area contributed by atoms with Crippen LogP contribution in [0.2, 0.25) is 0 Å². The molecule has 1 aliphatic heterocycles. The maximum atomic E-state index is 4.78. The lowest BCUT2D eigenvalue weighted by molar-refractivity contribution is 0.198. The van der Waals surface area contributed by atoms with Crippen molar-refractivity contribution in [3.05, 3.63) is 65.7 Å². The minimum atomic E-state index is 0.455. The number of hydrogen-bond donors (Lipinski definition) is 0. The van der Waals surface area contributed by atoms with Gasteiger partial charge in [-0.15, -0.1) is 0 Å². The summed E-state index contributed by atoms with van der Waals surface area (Å²) in [4.78, 5) is 9.69. The molecule has 4 rings (SSSR count). The molecule has 0 saturated carbocycles. The Balaban J connectivity index is 1.40. The van der Waals surface area contributed by atoms with Crippen molar-refractivity contribution in [3.8, 4) is 11.4 Å². The second kappa shape index (κ2) is 7.56. The van der Waals surface area contributed by atoms with E-state index in [1.165, 1.54) is 22.7 Å². The molecule has 4 nitrogen and oxygen atoms in total. The lowest BCUT2D eigenvalue weighted by Gasteiger charge is -2.38. The molecule has 0 N–H and O–H groups in total. The summed E-state index contributed by atoms with van der Waals surface area (Å²) in [5.74, 6) is 0.838. The fourth-order valence-electron chi connectivity index (χ4n) is 3.41. The van der Waals surface area contributed by atoms with Crippen molar-refractivity contribution in [1.29, 1.82) is 0 Å². The van der Waals surface area contributed by atoms with E-state index < -0.39 is 0 Å². The van der Waals surface area contributed by atoms with Crippen LogP contribution in [0, 0.1) is 6.92 Å². The fraction of sp³-hybridized carbons (Fsp3) is 0.333. The molecule has 3 aromatic rings. The van der Waals surface area contributed by atoms with Gasteiger partial charge in [-0.05, 0) is 19.4 Å². The molecule has 0 spiro atoms. The van der Waals surface area contributed by atoms with Gasteiger partial charge in [0.25, 0.3) is 0 Å². The average molecular weight is 365 g/mol. The Morgan fingerprint density at radius 2 is 1.62 bits per heavy atom. The molecule has 1 unspecified atom stereocenters. The summed E-state index contributed by atoms with van der Waals surface area (Å²) in [7, 11) is 0. The van der Waals surface area contributed by atoms with Gasteiger partial charge in [0.05, 0.1) is 0 Å². The second-order valence-corrected chi connectivity index (χ2v) is 7.61. The third-order valence-corrected chi connectivity index (χ3v) is 5.92. The Hall–Kier alpha value is -2.24. The molecule has 1 saturated heterocycles. The maximum Gasteiger partial charge on any atom is 0.205 e. The number of hydrogen-bond acceptors (Lipinski definition) is 5. The summed E-state index contributed by atoms with van der Waals surface area (Å²) in [6.07, 6.45) is 0. The molecule has 0 bridgehead atoms. The zero-order valence-corrected chi connectivity index (χ0v) is 16.1. The molecule has 0 aliphatic carbocycles. The first kappa shape index (κ1) is 17.2. The Labute approximate surface area is 159 Å². The summed E-state index contributed by atoms with van der Waals surface area (Å²) in [5.41, 5.74) is 3.74. The first-order valence-corrected chi connectivity index (χ1v) is 9.93. The molecule has 5 heteroatoms. The van der Waals surface area contributed by atoms with Crippen molar-refractivity contribution in [2.24, 2.45) is 0 Å². The van der Waals surface area contributed by atoms with Crippen LogP contribution in [-0.2, 0) is 0 Å². The topological polar surface area (TPSA) is 32.3 Å². The van der Waals surface area contributed by atoms with Crippen LogP contribution in [0.25, 0.3) is 11.4 Å². The van der Waals surface area contributed by atoms with E-state index >= 15 is 0 Å². The quantitative estimate of drug-likeness (QED) is 0.687. The van der Waals surface area contributed by atoms with Crippen LogP contribution in [0.3, 0.4) is 0 Å². The molecule has 2 heterocycles. The summed E-state index contributed by atoms with van der Waals surface area (Å²) in [6, 6.07) is 19.6. The van der Waals surface area contributed by atoms with E-state index in [1.807, 2.05) is 0 Å². The number of nitrogens with zero attached hydrogens (tertiary/aromatic N) is 4. The molecule has 0 amide bonds. The molecular formula is C21H24N4S. The lowest BCUT2D eigenvalue weighted by atomic mass is 10.1. The van der Waals surface area contributed by atoms with E-state index in [-0.39, 0.29) is 0 Å². The highest BCUT2D eigenvalue weighted by Gasteiger charge is 2.24. The van der Waals surface area contributed by atoms with Gasteiger partial charge in [-0.3, -0.25) is 4.90 Å². The van der Waals surface area contributed by atoms with Crippen molar-refractivity contribution >= 4 is 16.7 Å². The fourth-order valence-corrected chi connectivity index (χ4v) is 4.15. The Morgan fingerprint density at radius 3 is 2.31 bits per heavy atom. The van der Waals surface area contributed by atoms with Gasteiger partial charge in [-0.2, -0.15) is 9.36 Å². The molecule has 2 aromatic carbocycles. The van der Waals surface area contributed by atoms with Gasteiger partial charge in [0.2, 0.25) is 5.13 Å². The molecule has 1 atom stereocenters. The summed E-state index contributed by atoms with van der Waals surface area (Å²) in [6.45, 7) is 8.50. The third kappa shape index (κ3) is 3.64. The van der Waals surface area contributed by atoms with Crippen LogP contribution >= 0.6 is 11.5 Å². The van der Waals surface area contributed by atoms with E-state index in [0.29, 0.717) is 6.04 Å². The van der Waals surface area contributed by atoms with Gasteiger partial charge >= 0.3 is 0 Å². The minimum Gasteiger partial charge on any atom is -0.344 e. The predicted octanol–water partition coefficient (Wildman–Crippen LogP) is 4.40. The SMILES string of the molecule is Cc1ccc(-c2nsc(N3CCN(C(C)c4ccccc4)CC3)n2)cc1. The predicted molar refractivity (Wildman–Crippen MR) is 109 cm³/mol. The van der Waals surface area contributed by atoms with Crippen molar-refractivity contribution in [2.45, 2.75) is 19.9 Å². The number of aryl methyl sites for hydroxylation is 1. The average Bonchev–Trinajstić information content (AvgIpc) is 3.19. The van der Waals surface area contributed by atoms with Crippen molar-refractivity contribution < 1.29 is 0 Å². The highest BCUT2D eigenvalue weighted by atomic mass is 32.1. The van der Waals surface area contributed by atoms with Crippen molar-refractivity contribution in [1.82, 2.24) is 14.3 Å². The van der Waals surface area contributed by atoms with Crippen molar-refractivity contribution in [2.75, 3.05) is 31.1 Å². The van der Waals surface area contributed by atoms with Crippen LogP contribution < -0.4 is 4.90 Å². The molecule has 1 aliphatic rings. The van der Waals surface area contributed by atoms with Crippen molar-refractivity contribution in [3.63, 3.8) is 0 Å². The van der Waals surface area contributed by atoms with Crippen LogP contribution in [0.4, 0.5) is 5.13 Å². The Kier molecular flexibility index (Phi) is 5.00. The molecular weight excluding hydrogens is 340 g/mol. The van der Waals surface area contributed by atoms with Gasteiger partial charge in [0, 0.05) is 49.3 Å². The third-order valence-electron chi connectivity index (χ3n) is 5.14. The highest BCUT2D eigenvalue weighted by Crippen LogP contribution is 2.27. The van der Waals surface area contributed by atoms with Crippen LogP contribution in [0.1, 0.15) is 24.1 Å². The second-order valence-electron chi connectivity index (χ2n) is 6.88. The highest BCUT2D eigenvalue weighted by molar-refractivity contribution is 7.09. The van der Waals surface area contributed by atoms with Gasteiger partial charge in [0.1, 0.15) is 0 Å². The zero-order chi connectivity index (χ0) is 17.9. The standard InChI is InChI=1S/C21H24N4S/c1-16-8-10-19(11-9-16)20-22-21(26-23-20)25-14-12-24(13-15-25)17(2)18-6-4-3-5-7-18/h3-11,17H,12-15H2,1-2H3. The Bertz CT molecular complexity index is 836. The summed E-state index contributed by atoms with van der Waals surface area (Å²) >= 11 is 1.51. The van der Waals surface area contributed by atoms with Crippen LogP contribution in [0.15, 0.2) is 54.6 Å². The zero-order valence-electron chi connectivity index (χ0n) is 15.3. The van der Waals surface area contributed by atoms with Crippen LogP contribution in [0.5, 0.6) is 0 Å². The molecule has 1 fully saturated rings. The summed E-state index contributed by atoms with van der Waals surface area (Å²) < 4.78 is 4.57. The maximum absolute atomic E-state index is 4.78. The number of piperazine rings is 1. The van der Waals surface area contributed by atoms with E-state index in [0.717, 1.165) is 42.7 Å². The number of aromatic nitrogens is 2. The lowest BCUT2D eigenvalue weighted by Crippen LogP contribution is -2.47. The van der Waals surface area contributed by atoms with E-state index in [9.17, 15) is 0 Å². The van der Waals surface area contributed by atoms with Gasteiger partial charge in [-0.1, -0.05) is 60.2 Å². The van der Waals surface area contributed by atoms with Gasteiger partial charge in [0.15, 0.2) is 5.82 Å². The first-order chi connectivity index (χ1) is 12.7. The van der Waals surface area contributed by atoms with E-state index in [2.05, 4.69) is 82.6 Å². The van der Waals surface area contributed by atoms with E-state index in [1.54, 1.807) is 0 Å². The summed E-state index contributed by atoms with van der Waals surface area (Å²) in [5, 5.41) is 1.03. The van der Waals surface area contributed by atoms with Crippen LogP contribution in [-0.4, -0.2) is 40.4 Å². The molecule has 0 radical (unpaired) electrons. The normalized spacial score (nSPS) is 16.6. The number of rotatable bonds is 4. The van der Waals surface area contributed by atoms with E-state index in [4.69, 9.17) is 4.98 Å². The van der Waals surface area contributed by atoms with Gasteiger partial charge < -0.3 is 4.90 Å². The minimum absolute atomic E-state index is 0.455. The Morgan fingerprint density at radius 1 is 0.923 bits per heavy atom. The molecule has 1 aromatic heterocycles. The largest absolute Gasteiger partial charge is 0.344 e. The molecule has 26 heavy (non-hydrogen) atoms. The van der Waals surface area contributed by atoms with Gasteiger partial charge in [-0.25, -0.2) is 0 Å². The monoisotopic (exact) mass is 364 g/mol. The number of anilines is 1. The first-order valence-electron chi connectivity index (χ1n) is 9.15.